The lowest BCUT2D eigenvalue weighted by molar-refractivity contribution is -0.119. The first-order valence-corrected chi connectivity index (χ1v) is 7.49. The number of nitrogens with zero attached hydrogens (tertiary/aromatic N) is 2. The van der Waals surface area contributed by atoms with Crippen molar-refractivity contribution in [2.75, 3.05) is 12.4 Å². The molecule has 1 aromatic heterocycles. The number of hydrogen-bond acceptors (Lipinski definition) is 3. The molecule has 1 aromatic carbocycles. The summed E-state index contributed by atoms with van der Waals surface area (Å²) in [7, 11) is 1.55. The monoisotopic (exact) mass is 371 g/mol. The number of nitrogens with one attached hydrogen (secondary N) is 1. The van der Waals surface area contributed by atoms with Crippen LogP contribution in [0.5, 0.6) is 5.75 Å². The molecule has 5 nitrogen and oxygen atoms in total. The van der Waals surface area contributed by atoms with Crippen LogP contribution in [0.1, 0.15) is 6.92 Å². The van der Waals surface area contributed by atoms with Crippen molar-refractivity contribution in [3.8, 4) is 5.75 Å². The molecule has 1 heterocycles. The number of carbonyl (C=O) groups excluding carboxylic acids is 1. The molecule has 0 fully saturated rings. The predicted molar refractivity (Wildman–Crippen MR) is 85.7 cm³/mol. The summed E-state index contributed by atoms with van der Waals surface area (Å²) in [6, 6.07) is 5.13. The van der Waals surface area contributed by atoms with Gasteiger partial charge in [0.25, 0.3) is 0 Å². The Hall–Kier alpha value is -1.53. The van der Waals surface area contributed by atoms with Gasteiger partial charge < -0.3 is 10.1 Å². The Balaban J connectivity index is 1.98. The lowest BCUT2D eigenvalue weighted by atomic mass is 10.1. The van der Waals surface area contributed by atoms with Crippen molar-refractivity contribution in [1.82, 2.24) is 9.78 Å². The van der Waals surface area contributed by atoms with Gasteiger partial charge in [0, 0.05) is 11.9 Å². The first kappa shape index (κ1) is 15.9. The zero-order chi connectivity index (χ0) is 15.4. The summed E-state index contributed by atoms with van der Waals surface area (Å²) in [5, 5.41) is 7.42. The zero-order valence-electron chi connectivity index (χ0n) is 11.6. The quantitative estimate of drug-likeness (QED) is 0.873. The second-order valence-electron chi connectivity index (χ2n) is 4.62. The number of halogens is 2. The number of methoxy groups -OCH3 is 1. The maximum absolute atomic E-state index is 12.2. The third kappa shape index (κ3) is 4.22. The number of aromatic nitrogens is 2. The van der Waals surface area contributed by atoms with Crippen LogP contribution in [-0.2, 0) is 11.3 Å². The normalized spacial score (nSPS) is 12.0. The summed E-state index contributed by atoms with van der Waals surface area (Å²) in [6.45, 7) is 2.34. The van der Waals surface area contributed by atoms with Crippen LogP contribution in [0, 0.1) is 5.92 Å². The number of hydrogen-bond donors (Lipinski definition) is 1. The maximum Gasteiger partial charge on any atom is 0.229 e. The Kier molecular flexibility index (Phi) is 5.25. The molecule has 0 unspecified atom stereocenters. The molecule has 0 radical (unpaired) electrons. The van der Waals surface area contributed by atoms with Crippen molar-refractivity contribution in [3.05, 3.63) is 40.1 Å². The number of rotatable bonds is 5. The summed E-state index contributed by atoms with van der Waals surface area (Å²) in [6.07, 6.45) is 3.52. The highest BCUT2D eigenvalue weighted by Crippen LogP contribution is 2.27. The average molecular weight is 373 g/mol. The van der Waals surface area contributed by atoms with E-state index in [9.17, 15) is 4.79 Å². The van der Waals surface area contributed by atoms with Crippen LogP contribution in [-0.4, -0.2) is 22.8 Å². The van der Waals surface area contributed by atoms with Crippen LogP contribution in [0.25, 0.3) is 0 Å². The van der Waals surface area contributed by atoms with Gasteiger partial charge in [-0.1, -0.05) is 18.5 Å². The second-order valence-corrected chi connectivity index (χ2v) is 5.94. The van der Waals surface area contributed by atoms with E-state index in [0.29, 0.717) is 23.0 Å². The fourth-order valence-electron chi connectivity index (χ4n) is 1.81. The second kappa shape index (κ2) is 6.95. The van der Waals surface area contributed by atoms with E-state index < -0.39 is 0 Å². The summed E-state index contributed by atoms with van der Waals surface area (Å²) in [5.41, 5.74) is 0.638. The minimum atomic E-state index is -0.224. The van der Waals surface area contributed by atoms with E-state index >= 15 is 0 Å². The number of ether oxygens (including phenoxy) is 1. The van der Waals surface area contributed by atoms with Gasteiger partial charge in [-0.2, -0.15) is 5.10 Å². The van der Waals surface area contributed by atoms with Gasteiger partial charge in [-0.15, -0.1) is 0 Å². The average Bonchev–Trinajstić information content (AvgIpc) is 2.84. The molecule has 7 heteroatoms. The van der Waals surface area contributed by atoms with Gasteiger partial charge in [0.2, 0.25) is 5.91 Å². The van der Waals surface area contributed by atoms with E-state index in [1.54, 1.807) is 36.2 Å². The topological polar surface area (TPSA) is 56.1 Å². The van der Waals surface area contributed by atoms with Crippen molar-refractivity contribution in [1.29, 1.82) is 0 Å². The summed E-state index contributed by atoms with van der Waals surface area (Å²) < 4.78 is 7.68. The maximum atomic E-state index is 12.2. The molecule has 0 saturated heterocycles. The minimum absolute atomic E-state index is 0.0946. The van der Waals surface area contributed by atoms with Crippen molar-refractivity contribution >= 4 is 39.1 Å². The van der Waals surface area contributed by atoms with E-state index in [0.717, 1.165) is 4.47 Å². The molecule has 0 spiro atoms. The molecular formula is C14H15BrClN3O2. The van der Waals surface area contributed by atoms with Crippen LogP contribution in [0.4, 0.5) is 5.69 Å². The molecule has 0 aliphatic rings. The third-order valence-corrected chi connectivity index (χ3v) is 3.63. The highest BCUT2D eigenvalue weighted by atomic mass is 79.9. The van der Waals surface area contributed by atoms with Gasteiger partial charge in [-0.25, -0.2) is 0 Å². The molecule has 21 heavy (non-hydrogen) atoms. The lowest BCUT2D eigenvalue weighted by Gasteiger charge is -2.13. The number of amides is 1. The molecule has 1 atom stereocenters. The van der Waals surface area contributed by atoms with Crippen molar-refractivity contribution < 1.29 is 9.53 Å². The molecule has 2 rings (SSSR count). The molecule has 1 N–H and O–H groups in total. The lowest BCUT2D eigenvalue weighted by Crippen LogP contribution is -2.24. The van der Waals surface area contributed by atoms with E-state index in [1.807, 2.05) is 13.1 Å². The molecule has 0 bridgehead atoms. The van der Waals surface area contributed by atoms with E-state index in [2.05, 4.69) is 26.3 Å². The molecule has 0 saturated carbocycles. The standard InChI is InChI=1S/C14H15BrClN3O2/c1-9(7-19-8-10(15)6-17-19)14(20)18-11-3-4-13(21-2)12(16)5-11/h3-6,8-9H,7H2,1-2H3,(H,18,20)/t9-/m1/s1. The Morgan fingerprint density at radius 2 is 2.33 bits per heavy atom. The Labute approximate surface area is 136 Å². The van der Waals surface area contributed by atoms with Gasteiger partial charge in [0.15, 0.2) is 0 Å². The Morgan fingerprint density at radius 1 is 1.57 bits per heavy atom. The molecule has 0 aliphatic heterocycles. The Morgan fingerprint density at radius 3 is 2.90 bits per heavy atom. The van der Waals surface area contributed by atoms with Gasteiger partial charge in [-0.3, -0.25) is 9.48 Å². The Bertz CT molecular complexity index is 645. The summed E-state index contributed by atoms with van der Waals surface area (Å²) in [5.74, 6) is 0.254. The number of carbonyl (C=O) groups is 1. The largest absolute Gasteiger partial charge is 0.495 e. The highest BCUT2D eigenvalue weighted by Gasteiger charge is 2.15. The van der Waals surface area contributed by atoms with Crippen LogP contribution in [0.3, 0.4) is 0 Å². The van der Waals surface area contributed by atoms with E-state index in [1.165, 1.54) is 0 Å². The fraction of sp³-hybridized carbons (Fsp3) is 0.286. The molecule has 112 valence electrons. The van der Waals surface area contributed by atoms with Crippen molar-refractivity contribution in [2.45, 2.75) is 13.5 Å². The van der Waals surface area contributed by atoms with Crippen molar-refractivity contribution in [3.63, 3.8) is 0 Å². The van der Waals surface area contributed by atoms with Crippen LogP contribution in [0.2, 0.25) is 5.02 Å². The smallest absolute Gasteiger partial charge is 0.229 e. The van der Waals surface area contributed by atoms with E-state index in [4.69, 9.17) is 16.3 Å². The summed E-state index contributed by atoms with van der Waals surface area (Å²) >= 11 is 9.35. The van der Waals surface area contributed by atoms with Gasteiger partial charge in [0.05, 0.1) is 35.3 Å². The third-order valence-electron chi connectivity index (χ3n) is 2.93. The molecule has 0 aliphatic carbocycles. The molecule has 2 aromatic rings. The van der Waals surface area contributed by atoms with Gasteiger partial charge in [0.1, 0.15) is 5.75 Å². The number of benzene rings is 1. The van der Waals surface area contributed by atoms with Gasteiger partial charge >= 0.3 is 0 Å². The summed E-state index contributed by atoms with van der Waals surface area (Å²) in [4.78, 5) is 12.2. The minimum Gasteiger partial charge on any atom is -0.495 e. The SMILES string of the molecule is COc1ccc(NC(=O)[C@H](C)Cn2cc(Br)cn2)cc1Cl. The van der Waals surface area contributed by atoms with Crippen molar-refractivity contribution in [2.24, 2.45) is 5.92 Å². The first-order chi connectivity index (χ1) is 9.99. The van der Waals surface area contributed by atoms with Crippen LogP contribution >= 0.6 is 27.5 Å². The molecular weight excluding hydrogens is 358 g/mol. The molecule has 1 amide bonds. The number of anilines is 1. The zero-order valence-corrected chi connectivity index (χ0v) is 14.0. The van der Waals surface area contributed by atoms with E-state index in [-0.39, 0.29) is 11.8 Å². The highest BCUT2D eigenvalue weighted by molar-refractivity contribution is 9.10. The predicted octanol–water partition coefficient (Wildman–Crippen LogP) is 3.58. The van der Waals surface area contributed by atoms with Crippen LogP contribution in [0.15, 0.2) is 35.1 Å². The van der Waals surface area contributed by atoms with Crippen LogP contribution < -0.4 is 10.1 Å². The fourth-order valence-corrected chi connectivity index (χ4v) is 2.40. The van der Waals surface area contributed by atoms with Gasteiger partial charge in [-0.05, 0) is 34.1 Å². The first-order valence-electron chi connectivity index (χ1n) is 6.32.